The van der Waals surface area contributed by atoms with Gasteiger partial charge in [0.25, 0.3) is 0 Å². The number of nitrogens with zero attached hydrogens (tertiary/aromatic N) is 2. The lowest BCUT2D eigenvalue weighted by Crippen LogP contribution is -2.59. The van der Waals surface area contributed by atoms with Crippen LogP contribution in [-0.4, -0.2) is 98.1 Å². The maximum atomic E-state index is 13.9. The number of carbonyl (C=O) groups is 4. The van der Waals surface area contributed by atoms with Crippen molar-refractivity contribution in [2.45, 2.75) is 70.1 Å². The third kappa shape index (κ3) is 11.9. The molecule has 1 saturated heterocycles. The van der Waals surface area contributed by atoms with Crippen molar-refractivity contribution in [3.8, 4) is 0 Å². The number of urea groups is 1. The lowest BCUT2D eigenvalue weighted by atomic mass is 10.00. The fourth-order valence-electron chi connectivity index (χ4n) is 5.65. The van der Waals surface area contributed by atoms with Gasteiger partial charge >= 0.3 is 6.03 Å². The van der Waals surface area contributed by atoms with E-state index in [9.17, 15) is 19.2 Å². The second-order valence-corrected chi connectivity index (χ2v) is 12.4. The molecule has 1 aliphatic rings. The van der Waals surface area contributed by atoms with Gasteiger partial charge in [0.05, 0.1) is 19.3 Å². The molecule has 2 aromatic carbocycles. The zero-order valence-electron chi connectivity index (χ0n) is 28.0. The van der Waals surface area contributed by atoms with E-state index in [1.54, 1.807) is 11.9 Å². The van der Waals surface area contributed by atoms with Crippen LogP contribution in [0.1, 0.15) is 56.7 Å². The van der Waals surface area contributed by atoms with Crippen molar-refractivity contribution < 1.29 is 23.9 Å². The summed E-state index contributed by atoms with van der Waals surface area (Å²) in [5.41, 5.74) is 13.5. The second-order valence-electron chi connectivity index (χ2n) is 12.4. The van der Waals surface area contributed by atoms with Crippen LogP contribution in [0.3, 0.4) is 0 Å². The normalized spacial score (nSPS) is 15.7. The number of benzene rings is 2. The van der Waals surface area contributed by atoms with E-state index >= 15 is 0 Å². The zero-order chi connectivity index (χ0) is 34.2. The molecule has 4 atom stereocenters. The monoisotopic (exact) mass is 651 g/mol. The van der Waals surface area contributed by atoms with Crippen LogP contribution < -0.4 is 27.4 Å². The lowest BCUT2D eigenvalue weighted by molar-refractivity contribution is -0.140. The molecule has 0 radical (unpaired) electrons. The van der Waals surface area contributed by atoms with E-state index in [0.717, 1.165) is 17.5 Å². The Hall–Kier alpha value is -4.00. The molecule has 0 spiro atoms. The van der Waals surface area contributed by atoms with Crippen molar-refractivity contribution in [1.29, 1.82) is 0 Å². The number of amides is 5. The summed E-state index contributed by atoms with van der Waals surface area (Å²) in [6.45, 7) is 6.40. The van der Waals surface area contributed by atoms with E-state index in [-0.39, 0.29) is 24.8 Å². The highest BCUT2D eigenvalue weighted by Crippen LogP contribution is 2.18. The quantitative estimate of drug-likeness (QED) is 0.163. The minimum Gasteiger partial charge on any atom is -0.378 e. The first-order valence-electron chi connectivity index (χ1n) is 16.6. The Morgan fingerprint density at radius 1 is 0.830 bits per heavy atom. The molecule has 3 rings (SSSR count). The molecule has 1 aliphatic heterocycles. The van der Waals surface area contributed by atoms with Crippen LogP contribution in [0.25, 0.3) is 0 Å². The van der Waals surface area contributed by atoms with Gasteiger partial charge in [-0.1, -0.05) is 74.5 Å². The number of likely N-dealkylation sites (N-methyl/N-ethyl adjacent to an activating group) is 1. The largest absolute Gasteiger partial charge is 0.378 e. The van der Waals surface area contributed by atoms with Gasteiger partial charge in [0, 0.05) is 33.1 Å². The number of nitrogens with two attached hydrogens (primary N) is 2. The molecule has 47 heavy (non-hydrogen) atoms. The van der Waals surface area contributed by atoms with Gasteiger partial charge in [0.2, 0.25) is 17.7 Å². The fraction of sp³-hybridized carbons (Fsp3) is 0.543. The molecule has 7 N–H and O–H groups in total. The summed E-state index contributed by atoms with van der Waals surface area (Å²) in [5.74, 6) is -1.06. The standard InChI is InChI=1S/C35H53N7O5/c1-25(2)22-29(32(43)38-28(16-10-11-17-36)34(45)42-18-20-47-21-19-42)39-33(44)30(23-26-12-6-4-7-13-26)40-35(46)41(3)31(24-37)27-14-8-5-9-15-27/h4-9,12-15,25,28-31H,10-11,16-24,36-37H2,1-3H3,(H,38,43)(H,39,44)(H,40,46)/t28-,29-,30-,31?/m1/s1. The first kappa shape index (κ1) is 37.5. The number of ether oxygens (including phenoxy) is 1. The summed E-state index contributed by atoms with van der Waals surface area (Å²) in [4.78, 5) is 57.9. The van der Waals surface area contributed by atoms with Crippen molar-refractivity contribution in [2.24, 2.45) is 17.4 Å². The molecule has 1 unspecified atom stereocenters. The summed E-state index contributed by atoms with van der Waals surface area (Å²) in [5, 5.41) is 8.73. The summed E-state index contributed by atoms with van der Waals surface area (Å²) < 4.78 is 5.40. The van der Waals surface area contributed by atoms with Crippen LogP contribution in [0.2, 0.25) is 0 Å². The topological polar surface area (TPSA) is 172 Å². The zero-order valence-corrected chi connectivity index (χ0v) is 28.0. The summed E-state index contributed by atoms with van der Waals surface area (Å²) >= 11 is 0. The average molecular weight is 652 g/mol. The predicted octanol–water partition coefficient (Wildman–Crippen LogP) is 1.94. The molecule has 258 valence electrons. The first-order valence-corrected chi connectivity index (χ1v) is 16.6. The third-order valence-corrected chi connectivity index (χ3v) is 8.32. The molecule has 5 amide bonds. The Morgan fingerprint density at radius 2 is 1.43 bits per heavy atom. The van der Waals surface area contributed by atoms with E-state index in [1.807, 2.05) is 74.5 Å². The number of carbonyl (C=O) groups excluding carboxylic acids is 4. The van der Waals surface area contributed by atoms with Gasteiger partial charge in [-0.05, 0) is 49.3 Å². The van der Waals surface area contributed by atoms with Crippen molar-refractivity contribution >= 4 is 23.8 Å². The van der Waals surface area contributed by atoms with Crippen molar-refractivity contribution in [1.82, 2.24) is 25.8 Å². The van der Waals surface area contributed by atoms with Gasteiger partial charge in [0.15, 0.2) is 0 Å². The van der Waals surface area contributed by atoms with Crippen LogP contribution in [0, 0.1) is 5.92 Å². The molecule has 1 heterocycles. The molecule has 1 fully saturated rings. The Morgan fingerprint density at radius 3 is 2.02 bits per heavy atom. The molecule has 0 saturated carbocycles. The molecule has 12 nitrogen and oxygen atoms in total. The van der Waals surface area contributed by atoms with Gasteiger partial charge in [0.1, 0.15) is 18.1 Å². The third-order valence-electron chi connectivity index (χ3n) is 8.32. The van der Waals surface area contributed by atoms with Gasteiger partial charge in [-0.2, -0.15) is 0 Å². The maximum Gasteiger partial charge on any atom is 0.318 e. The van der Waals surface area contributed by atoms with E-state index in [0.29, 0.717) is 52.1 Å². The molecule has 0 aliphatic carbocycles. The molecule has 12 heteroatoms. The molecular weight excluding hydrogens is 598 g/mol. The second kappa shape index (κ2) is 19.6. The number of hydrogen-bond donors (Lipinski definition) is 5. The van der Waals surface area contributed by atoms with Crippen molar-refractivity contribution in [3.05, 3.63) is 71.8 Å². The van der Waals surface area contributed by atoms with Crippen LogP contribution in [-0.2, 0) is 25.5 Å². The van der Waals surface area contributed by atoms with E-state index in [1.165, 1.54) is 4.90 Å². The lowest BCUT2D eigenvalue weighted by Gasteiger charge is -2.32. The highest BCUT2D eigenvalue weighted by Gasteiger charge is 2.33. The van der Waals surface area contributed by atoms with Gasteiger partial charge in [-0.3, -0.25) is 14.4 Å². The predicted molar refractivity (Wildman–Crippen MR) is 182 cm³/mol. The number of nitrogens with one attached hydrogen (secondary N) is 3. The van der Waals surface area contributed by atoms with Crippen molar-refractivity contribution in [3.63, 3.8) is 0 Å². The van der Waals surface area contributed by atoms with Gasteiger partial charge in [-0.25, -0.2) is 4.79 Å². The van der Waals surface area contributed by atoms with E-state index in [4.69, 9.17) is 16.2 Å². The number of unbranched alkanes of at least 4 members (excludes halogenated alkanes) is 1. The van der Waals surface area contributed by atoms with E-state index in [2.05, 4.69) is 16.0 Å². The fourth-order valence-corrected chi connectivity index (χ4v) is 5.65. The van der Waals surface area contributed by atoms with Crippen LogP contribution in [0.5, 0.6) is 0 Å². The van der Waals surface area contributed by atoms with Crippen LogP contribution in [0.4, 0.5) is 4.79 Å². The minimum atomic E-state index is -0.987. The van der Waals surface area contributed by atoms with Crippen LogP contribution in [0.15, 0.2) is 60.7 Å². The maximum absolute atomic E-state index is 13.9. The Balaban J connectivity index is 1.80. The summed E-state index contributed by atoms with van der Waals surface area (Å²) in [6, 6.07) is 15.3. The Labute approximate surface area is 278 Å². The summed E-state index contributed by atoms with van der Waals surface area (Å²) in [6.07, 6.45) is 2.38. The minimum absolute atomic E-state index is 0.0566. The molecule has 2 aromatic rings. The summed E-state index contributed by atoms with van der Waals surface area (Å²) in [7, 11) is 1.64. The van der Waals surface area contributed by atoms with Gasteiger partial charge in [-0.15, -0.1) is 0 Å². The van der Waals surface area contributed by atoms with Crippen LogP contribution >= 0.6 is 0 Å². The highest BCUT2D eigenvalue weighted by atomic mass is 16.5. The molecule has 0 bridgehead atoms. The number of hydrogen-bond acceptors (Lipinski definition) is 7. The highest BCUT2D eigenvalue weighted by molar-refractivity contribution is 5.94. The van der Waals surface area contributed by atoms with Crippen molar-refractivity contribution in [2.75, 3.05) is 46.4 Å². The molecular formula is C35H53N7O5. The smallest absolute Gasteiger partial charge is 0.318 e. The average Bonchev–Trinajstić information content (AvgIpc) is 3.08. The Kier molecular flexibility index (Phi) is 15.6. The first-order chi connectivity index (χ1) is 22.6. The van der Waals surface area contributed by atoms with E-state index < -0.39 is 42.0 Å². The number of rotatable bonds is 17. The SMILES string of the molecule is CC(C)C[C@@H](NC(=O)[C@@H](Cc1ccccc1)NC(=O)N(C)C(CN)c1ccccc1)C(=O)N[C@H](CCCCN)C(=O)N1CCOCC1. The molecule has 0 aromatic heterocycles. The van der Waals surface area contributed by atoms with Gasteiger partial charge < -0.3 is 42.0 Å². The number of morpholine rings is 1. The Bertz CT molecular complexity index is 1260.